The third kappa shape index (κ3) is 14.1. The molecule has 3 aliphatic carbocycles. The number of piperazine rings is 3. The zero-order valence-corrected chi connectivity index (χ0v) is 67.9. The van der Waals surface area contributed by atoms with Crippen LogP contribution in [0.2, 0.25) is 0 Å². The van der Waals surface area contributed by atoms with Crippen LogP contribution in [0.1, 0.15) is 86.2 Å². The van der Waals surface area contributed by atoms with E-state index in [2.05, 4.69) is 216 Å². The summed E-state index contributed by atoms with van der Waals surface area (Å²) in [5.41, 5.74) is 38.1. The highest BCUT2D eigenvalue weighted by Crippen LogP contribution is 2.47. The number of imidazole rings is 6. The van der Waals surface area contributed by atoms with E-state index in [1.54, 1.807) is 18.6 Å². The van der Waals surface area contributed by atoms with Crippen molar-refractivity contribution in [3.8, 4) is 67.9 Å². The van der Waals surface area contributed by atoms with Crippen LogP contribution in [0, 0.1) is 0 Å². The Hall–Kier alpha value is -13.0. The van der Waals surface area contributed by atoms with Crippen LogP contribution in [-0.2, 0) is 29.7 Å². The van der Waals surface area contributed by atoms with Gasteiger partial charge in [-0.25, -0.2) is 44.9 Å². The lowest BCUT2D eigenvalue weighted by Crippen LogP contribution is -2.53. The van der Waals surface area contributed by atoms with Crippen molar-refractivity contribution in [2.45, 2.75) is 94.4 Å². The number of hydrogen-bond acceptors (Lipinski definition) is 18. The van der Waals surface area contributed by atoms with E-state index in [0.29, 0.717) is 53.3 Å². The topological polar surface area (TPSA) is 276 Å². The second-order valence-electron chi connectivity index (χ2n) is 33.1. The minimum absolute atomic E-state index is 0.356. The zero-order valence-electron chi connectivity index (χ0n) is 67.9. The Morgan fingerprint density at radius 1 is 0.367 bits per heavy atom. The highest BCUT2D eigenvalue weighted by atomic mass is 16.1. The van der Waals surface area contributed by atoms with Crippen LogP contribution in [-0.4, -0.2) is 218 Å². The molecule has 6 aliphatic rings. The van der Waals surface area contributed by atoms with Gasteiger partial charge >= 0.3 is 0 Å². The average molecular weight is 1600 g/mol. The first kappa shape index (κ1) is 75.7. The number of carbonyl (C=O) groups is 2. The summed E-state index contributed by atoms with van der Waals surface area (Å²) in [7, 11) is 4.26. The molecule has 22 rings (SSSR count). The molecule has 120 heavy (non-hydrogen) atoms. The number of nitrogen functional groups attached to an aromatic ring is 3. The lowest BCUT2D eigenvalue weighted by atomic mass is 9.78. The molecule has 7 aromatic carbocycles. The quantitative estimate of drug-likeness (QED) is 0.0715. The van der Waals surface area contributed by atoms with Gasteiger partial charge < -0.3 is 45.6 Å². The van der Waals surface area contributed by atoms with Crippen LogP contribution in [0.25, 0.3) is 118 Å². The van der Waals surface area contributed by atoms with Crippen molar-refractivity contribution in [2.75, 3.05) is 103 Å². The SMILES string of the molecule is CCn1c(-c2ccccc2)nc2cc(-c3nc(C4CC(N5CCN(C=O)CC5)C4)n4ccnc(N)c34)ccc21.CN1CCN(C2CC(c3nc(-c4ccc5c(c4)nc(-c4ccccc4)n5Cc4ccccc4)c4c(N)nccn34)C2)CC1.Cn1c(-c2ccccc2)nc2cc(-c3nc(C4CC(N5CCN(C=O)CC5)C4)n4ccnc(N)c34)ccc21. The minimum Gasteiger partial charge on any atom is -0.382 e. The van der Waals surface area contributed by atoms with Crippen molar-refractivity contribution in [1.29, 1.82) is 0 Å². The molecule has 606 valence electrons. The lowest BCUT2D eigenvalue weighted by Gasteiger charge is -2.45. The van der Waals surface area contributed by atoms with E-state index in [0.717, 1.165) is 278 Å². The number of nitrogens with two attached hydrogens (primary N) is 3. The maximum atomic E-state index is 11.1. The normalized spacial score (nSPS) is 19.9. The number of nitrogens with zero attached hydrogens (tertiary/aromatic N) is 21. The summed E-state index contributed by atoms with van der Waals surface area (Å²) >= 11 is 0. The van der Waals surface area contributed by atoms with Crippen molar-refractivity contribution < 1.29 is 9.59 Å². The van der Waals surface area contributed by atoms with Gasteiger partial charge in [0, 0.05) is 205 Å². The van der Waals surface area contributed by atoms with E-state index in [4.69, 9.17) is 47.1 Å². The van der Waals surface area contributed by atoms with Crippen molar-refractivity contribution in [1.82, 2.24) is 101 Å². The maximum Gasteiger partial charge on any atom is 0.209 e. The molecule has 2 amide bonds. The number of hydrogen-bond donors (Lipinski definition) is 3. The summed E-state index contributed by atoms with van der Waals surface area (Å²) in [5.74, 6) is 8.62. The van der Waals surface area contributed by atoms with E-state index < -0.39 is 0 Å². The third-order valence-electron chi connectivity index (χ3n) is 26.1. The summed E-state index contributed by atoms with van der Waals surface area (Å²) in [6.07, 6.45) is 19.7. The Balaban J connectivity index is 0.000000115. The number of benzene rings is 7. The fourth-order valence-corrected chi connectivity index (χ4v) is 19.2. The monoisotopic (exact) mass is 1590 g/mol. The lowest BCUT2D eigenvalue weighted by molar-refractivity contribution is -0.121. The Morgan fingerprint density at radius 2 is 0.700 bits per heavy atom. The Kier molecular flexibility index (Phi) is 20.2. The highest BCUT2D eigenvalue weighted by molar-refractivity contribution is 5.94. The van der Waals surface area contributed by atoms with Gasteiger partial charge in [-0.2, -0.15) is 0 Å². The van der Waals surface area contributed by atoms with Crippen molar-refractivity contribution in [3.63, 3.8) is 0 Å². The first-order valence-corrected chi connectivity index (χ1v) is 42.2. The molecule has 6 fully saturated rings. The molecular weight excluding hydrogens is 1500 g/mol. The largest absolute Gasteiger partial charge is 0.382 e. The molecule has 3 aliphatic heterocycles. The fraction of sp³-hybridized carbons (Fsp3) is 0.309. The van der Waals surface area contributed by atoms with Crippen molar-refractivity contribution in [2.24, 2.45) is 7.05 Å². The summed E-state index contributed by atoms with van der Waals surface area (Å²) in [6.45, 7) is 15.3. The molecule has 16 aromatic rings. The van der Waals surface area contributed by atoms with Gasteiger partial charge in [0.25, 0.3) is 0 Å². The van der Waals surface area contributed by atoms with E-state index in [1.165, 1.54) is 5.56 Å². The molecule has 6 N–H and O–H groups in total. The molecule has 0 spiro atoms. The Labute approximate surface area is 695 Å². The fourth-order valence-electron chi connectivity index (χ4n) is 19.2. The van der Waals surface area contributed by atoms with Crippen LogP contribution < -0.4 is 17.2 Å². The number of anilines is 3. The smallest absolute Gasteiger partial charge is 0.209 e. The molecule has 26 nitrogen and oxygen atoms in total. The second-order valence-corrected chi connectivity index (χ2v) is 33.1. The summed E-state index contributed by atoms with van der Waals surface area (Å²) in [5, 5.41) is 0. The van der Waals surface area contributed by atoms with E-state index in [9.17, 15) is 9.59 Å². The first-order chi connectivity index (χ1) is 58.9. The van der Waals surface area contributed by atoms with E-state index >= 15 is 0 Å². The summed E-state index contributed by atoms with van der Waals surface area (Å²) in [4.78, 5) is 80.0. The van der Waals surface area contributed by atoms with Gasteiger partial charge in [-0.1, -0.05) is 140 Å². The molecule has 26 heteroatoms. The minimum atomic E-state index is 0.356. The predicted octanol–water partition coefficient (Wildman–Crippen LogP) is 13.1. The first-order valence-electron chi connectivity index (χ1n) is 42.2. The molecule has 12 heterocycles. The van der Waals surface area contributed by atoms with Crippen LogP contribution in [0.3, 0.4) is 0 Å². The average Bonchev–Trinajstić information content (AvgIpc) is 1.59. The molecule has 3 saturated heterocycles. The Morgan fingerprint density at radius 3 is 1.08 bits per heavy atom. The molecule has 0 unspecified atom stereocenters. The van der Waals surface area contributed by atoms with Crippen LogP contribution in [0.5, 0.6) is 0 Å². The second kappa shape index (κ2) is 32.0. The van der Waals surface area contributed by atoms with Crippen molar-refractivity contribution in [3.05, 3.63) is 236 Å². The number of likely N-dealkylation sites (N-methyl/N-ethyl adjacent to an activating group) is 1. The maximum absolute atomic E-state index is 11.1. The van der Waals surface area contributed by atoms with Gasteiger partial charge in [0.2, 0.25) is 12.8 Å². The standard InChI is InChI=1S/C35H36N8.C30H32N8O.C29H30N8O/c1-40-16-18-41(19-17-40)28-20-27(21-28)35-39-31(32-33(36)37-14-15-42(32)35)26-12-13-30-29(22-26)38-34(25-10-6-3-7-11-25)43(30)23-24-8-4-2-5-9-24;1-2-37-25-9-8-21(18-24(25)33-29(37)20-6-4-3-5-7-20)26-27-28(31)32-10-11-38(27)30(34-26)22-16-23(17-22)36-14-12-35(19-39)13-15-36;1-34-24-8-7-20(17-23(24)32-28(34)19-5-3-2-4-6-19)25-26-27(30)31-9-10-37(26)29(33-25)21-15-22(16-21)36-13-11-35(18-38)12-14-36/h2-15,22,27-28H,16-21,23H2,1H3,(H2,36,37);3-11,18-19,22-23H,2,12-17H2,1H3,(H2,31,32);2-10,17-18,21-22H,11-16H2,1H3,(H2,30,31). The zero-order chi connectivity index (χ0) is 81.2. The highest BCUT2D eigenvalue weighted by Gasteiger charge is 2.42. The van der Waals surface area contributed by atoms with Crippen LogP contribution in [0.4, 0.5) is 17.5 Å². The van der Waals surface area contributed by atoms with Crippen molar-refractivity contribution >= 4 is 79.9 Å². The van der Waals surface area contributed by atoms with Gasteiger partial charge in [0.15, 0.2) is 0 Å². The number of aryl methyl sites for hydroxylation is 2. The van der Waals surface area contributed by atoms with Crippen LogP contribution in [0.15, 0.2) is 213 Å². The molecule has 0 atom stereocenters. The van der Waals surface area contributed by atoms with Gasteiger partial charge in [0.1, 0.15) is 86.0 Å². The van der Waals surface area contributed by atoms with Gasteiger partial charge in [-0.3, -0.25) is 37.5 Å². The van der Waals surface area contributed by atoms with Gasteiger partial charge in [-0.15, -0.1) is 0 Å². The molecule has 0 radical (unpaired) electrons. The Bertz CT molecular complexity index is 6430. The van der Waals surface area contributed by atoms with Gasteiger partial charge in [0.05, 0.1) is 33.1 Å². The summed E-state index contributed by atoms with van der Waals surface area (Å²) in [6, 6.07) is 62.5. The number of aromatic nitrogens is 15. The summed E-state index contributed by atoms with van der Waals surface area (Å²) < 4.78 is 13.1. The molecule has 0 bridgehead atoms. The van der Waals surface area contributed by atoms with Gasteiger partial charge in [-0.05, 0) is 94.5 Å². The molecule has 9 aromatic heterocycles. The van der Waals surface area contributed by atoms with E-state index in [1.807, 2.05) is 70.9 Å². The number of rotatable bonds is 17. The van der Waals surface area contributed by atoms with E-state index in [-0.39, 0.29) is 0 Å². The molecular formula is C94H98N24O2. The number of amides is 2. The van der Waals surface area contributed by atoms with Crippen LogP contribution >= 0.6 is 0 Å². The number of carbonyl (C=O) groups excluding carboxylic acids is 2. The third-order valence-corrected chi connectivity index (χ3v) is 26.1. The number of fused-ring (bicyclic) bond motifs is 6. The predicted molar refractivity (Wildman–Crippen MR) is 472 cm³/mol. The molecule has 3 saturated carbocycles.